The van der Waals surface area contributed by atoms with Crippen LogP contribution in [0.1, 0.15) is 76.8 Å². The maximum absolute atomic E-state index is 15.1. The fourth-order valence-electron chi connectivity index (χ4n) is 9.48. The van der Waals surface area contributed by atoms with E-state index in [0.717, 1.165) is 62.9 Å². The molecule has 1 aliphatic rings. The summed E-state index contributed by atoms with van der Waals surface area (Å²) in [5.41, 5.74) is -0.564. The zero-order chi connectivity index (χ0) is 48.1. The SMILES string of the molecule is [2H]C([2H])(CC(C)(C)C)C1(C([2H])([2H])CC(C)(C)C(F)(F)F)c2ccccc2Oc2c1cccc2[Si](c1ccccc1)(c1ccccc1)c1cccc(-n2c3ccccc3n3c4ccccc4nc23)c1. The van der Waals surface area contributed by atoms with Crippen LogP contribution in [0.3, 0.4) is 0 Å². The Morgan fingerprint density at radius 3 is 1.84 bits per heavy atom. The standard InChI is InChI=1S/C56H52F3N3OSi/c1-53(2,3)34-36-55(37-35-54(4,5)56(57,58)59)43-26-12-17-32-49(43)63-51-44(55)27-19-33-50(51)64(40-21-8-6-9-22-40,41-23-10-7-11-24-41)42-25-18-20-39(38-42)61-47-30-15-16-31-48(47)62-46-29-14-13-28-45(46)60-52(61)62/h6-33,38H,34-37H2,1-5H3/i36D2,37D2. The molecule has 0 aliphatic carbocycles. The summed E-state index contributed by atoms with van der Waals surface area (Å²) in [6, 6.07) is 57.3. The zero-order valence-corrected chi connectivity index (χ0v) is 37.5. The highest BCUT2D eigenvalue weighted by Gasteiger charge is 2.52. The molecule has 0 saturated carbocycles. The Hall–Kier alpha value is -6.38. The average molecular weight is 872 g/mol. The summed E-state index contributed by atoms with van der Waals surface area (Å²) in [5.74, 6) is 1.18. The van der Waals surface area contributed by atoms with Crippen LogP contribution in [0.5, 0.6) is 11.5 Å². The number of imidazole rings is 2. The highest BCUT2D eigenvalue weighted by atomic mass is 28.3. The predicted molar refractivity (Wildman–Crippen MR) is 258 cm³/mol. The van der Waals surface area contributed by atoms with Crippen molar-refractivity contribution in [1.29, 1.82) is 0 Å². The van der Waals surface area contributed by atoms with E-state index in [-0.39, 0.29) is 29.0 Å². The number of hydrogen-bond donors (Lipinski definition) is 0. The Kier molecular flexibility index (Phi) is 8.92. The van der Waals surface area contributed by atoms with Crippen molar-refractivity contribution in [2.45, 2.75) is 71.8 Å². The lowest BCUT2D eigenvalue weighted by atomic mass is 9.63. The van der Waals surface area contributed by atoms with Crippen LogP contribution in [0, 0.1) is 10.8 Å². The molecule has 0 amide bonds. The minimum absolute atomic E-state index is 0.172. The summed E-state index contributed by atoms with van der Waals surface area (Å²) >= 11 is 0. The molecule has 0 N–H and O–H groups in total. The first-order valence-electron chi connectivity index (χ1n) is 23.8. The van der Waals surface area contributed by atoms with Gasteiger partial charge in [0, 0.05) is 27.7 Å². The van der Waals surface area contributed by atoms with E-state index in [2.05, 4.69) is 69.6 Å². The Morgan fingerprint density at radius 2 is 1.16 bits per heavy atom. The van der Waals surface area contributed by atoms with Gasteiger partial charge < -0.3 is 4.74 Å². The van der Waals surface area contributed by atoms with Gasteiger partial charge in [0.1, 0.15) is 11.5 Å². The highest BCUT2D eigenvalue weighted by Crippen LogP contribution is 2.56. The van der Waals surface area contributed by atoms with Crippen molar-refractivity contribution in [2.24, 2.45) is 10.8 Å². The lowest BCUT2D eigenvalue weighted by Crippen LogP contribution is -2.75. The molecular weight excluding hydrogens is 816 g/mol. The minimum atomic E-state index is -4.79. The number of fused-ring (bicyclic) bond motifs is 7. The number of para-hydroxylation sites is 6. The summed E-state index contributed by atoms with van der Waals surface area (Å²) in [7, 11) is -3.71. The second-order valence-corrected chi connectivity index (χ2v) is 22.5. The van der Waals surface area contributed by atoms with Gasteiger partial charge in [-0.3, -0.25) is 8.97 Å². The van der Waals surface area contributed by atoms with Gasteiger partial charge in [-0.05, 0) is 94.2 Å². The molecule has 322 valence electrons. The van der Waals surface area contributed by atoms with E-state index in [1.165, 1.54) is 0 Å². The molecule has 0 fully saturated rings. The first kappa shape index (κ1) is 37.0. The number of rotatable bonds is 10. The van der Waals surface area contributed by atoms with Crippen molar-refractivity contribution in [3.05, 3.63) is 187 Å². The van der Waals surface area contributed by atoms with E-state index >= 15 is 13.2 Å². The van der Waals surface area contributed by atoms with Gasteiger partial charge in [-0.2, -0.15) is 13.2 Å². The van der Waals surface area contributed by atoms with E-state index in [9.17, 15) is 5.48 Å². The molecule has 0 radical (unpaired) electrons. The fourth-order valence-corrected chi connectivity index (χ4v) is 14.4. The van der Waals surface area contributed by atoms with Crippen LogP contribution >= 0.6 is 0 Å². The normalized spacial score (nSPS) is 17.0. The van der Waals surface area contributed by atoms with Gasteiger partial charge in [0.2, 0.25) is 5.78 Å². The monoisotopic (exact) mass is 871 g/mol. The van der Waals surface area contributed by atoms with Gasteiger partial charge in [0.25, 0.3) is 0 Å². The molecule has 9 aromatic rings. The summed E-state index contributed by atoms with van der Waals surface area (Å²) in [6.07, 6.45) is -11.3. The maximum Gasteiger partial charge on any atom is 0.393 e. The summed E-state index contributed by atoms with van der Waals surface area (Å²) in [4.78, 5) is 5.18. The number of hydrogen-bond acceptors (Lipinski definition) is 2. The van der Waals surface area contributed by atoms with E-state index in [4.69, 9.17) is 9.72 Å². The van der Waals surface area contributed by atoms with Crippen molar-refractivity contribution < 1.29 is 23.4 Å². The molecule has 64 heavy (non-hydrogen) atoms. The number of halogens is 3. The lowest BCUT2D eigenvalue weighted by Gasteiger charge is -2.45. The minimum Gasteiger partial charge on any atom is -0.457 e. The summed E-state index contributed by atoms with van der Waals surface area (Å²) in [6.45, 7) is 7.63. The van der Waals surface area contributed by atoms with Crippen LogP contribution in [0.25, 0.3) is 33.5 Å². The first-order valence-corrected chi connectivity index (χ1v) is 23.8. The molecule has 1 aliphatic heterocycles. The third kappa shape index (κ3) is 6.68. The van der Waals surface area contributed by atoms with E-state index in [1.54, 1.807) is 30.3 Å². The third-order valence-electron chi connectivity index (χ3n) is 12.8. The smallest absolute Gasteiger partial charge is 0.393 e. The number of aromatic nitrogens is 3. The molecule has 1 unspecified atom stereocenters. The van der Waals surface area contributed by atoms with Crippen LogP contribution in [-0.4, -0.2) is 28.2 Å². The molecular formula is C56H52F3N3OSi. The molecule has 2 aromatic heterocycles. The summed E-state index contributed by atoms with van der Waals surface area (Å²) < 4.78 is 97.7. The quantitative estimate of drug-likeness (QED) is 0.101. The largest absolute Gasteiger partial charge is 0.457 e. The Morgan fingerprint density at radius 1 is 0.594 bits per heavy atom. The summed E-state index contributed by atoms with van der Waals surface area (Å²) in [5, 5.41) is 3.59. The molecule has 1 atom stereocenters. The fraction of sp³-hybridized carbons (Fsp3) is 0.232. The van der Waals surface area contributed by atoms with Crippen LogP contribution in [0.2, 0.25) is 0 Å². The van der Waals surface area contributed by atoms with Crippen molar-refractivity contribution in [1.82, 2.24) is 14.0 Å². The van der Waals surface area contributed by atoms with Crippen LogP contribution in [0.15, 0.2) is 176 Å². The Labute approximate surface area is 379 Å². The van der Waals surface area contributed by atoms with Gasteiger partial charge in [0.05, 0.1) is 27.5 Å². The molecule has 8 heteroatoms. The van der Waals surface area contributed by atoms with Crippen molar-refractivity contribution in [3.8, 4) is 17.2 Å². The van der Waals surface area contributed by atoms with E-state index < -0.39 is 49.7 Å². The van der Waals surface area contributed by atoms with E-state index in [0.29, 0.717) is 5.19 Å². The van der Waals surface area contributed by atoms with Crippen molar-refractivity contribution in [2.75, 3.05) is 0 Å². The molecule has 0 saturated heterocycles. The third-order valence-corrected chi connectivity index (χ3v) is 17.6. The Balaban J connectivity index is 1.34. The molecule has 0 bridgehead atoms. The second-order valence-electron chi connectivity index (χ2n) is 18.8. The number of ether oxygens (including phenoxy) is 1. The average Bonchev–Trinajstić information content (AvgIpc) is 3.82. The molecule has 10 rings (SSSR count). The van der Waals surface area contributed by atoms with Crippen LogP contribution in [-0.2, 0) is 5.41 Å². The number of benzene rings is 7. The second kappa shape index (κ2) is 15.4. The molecule has 7 aromatic carbocycles. The van der Waals surface area contributed by atoms with Crippen LogP contribution < -0.4 is 25.5 Å². The Bertz CT molecular complexity index is 3320. The molecule has 0 spiro atoms. The van der Waals surface area contributed by atoms with Gasteiger partial charge in [-0.15, -0.1) is 0 Å². The van der Waals surface area contributed by atoms with E-state index in [1.807, 2.05) is 106 Å². The lowest BCUT2D eigenvalue weighted by molar-refractivity contribution is -0.214. The predicted octanol–water partition coefficient (Wildman–Crippen LogP) is 12.4. The molecule has 4 nitrogen and oxygen atoms in total. The van der Waals surface area contributed by atoms with Gasteiger partial charge in [-0.1, -0.05) is 168 Å². The number of nitrogens with zero attached hydrogens (tertiary/aromatic N) is 3. The number of alkyl halides is 3. The first-order chi connectivity index (χ1) is 32.2. The van der Waals surface area contributed by atoms with Gasteiger partial charge in [-0.25, -0.2) is 4.98 Å². The van der Waals surface area contributed by atoms with Crippen molar-refractivity contribution in [3.63, 3.8) is 0 Å². The van der Waals surface area contributed by atoms with Crippen LogP contribution in [0.4, 0.5) is 13.2 Å². The topological polar surface area (TPSA) is 31.5 Å². The zero-order valence-electron chi connectivity index (χ0n) is 40.5. The maximum atomic E-state index is 15.1. The van der Waals surface area contributed by atoms with Gasteiger partial charge >= 0.3 is 6.18 Å². The van der Waals surface area contributed by atoms with Gasteiger partial charge in [0.15, 0.2) is 8.07 Å². The molecule has 3 heterocycles. The van der Waals surface area contributed by atoms with Crippen molar-refractivity contribution >= 4 is 56.7 Å². The highest BCUT2D eigenvalue weighted by molar-refractivity contribution is 7.20.